The molecule has 1 aliphatic rings. The van der Waals surface area contributed by atoms with Gasteiger partial charge in [-0.25, -0.2) is 4.39 Å². The van der Waals surface area contributed by atoms with E-state index in [1.165, 1.54) is 18.0 Å². The molecule has 0 radical (unpaired) electrons. The summed E-state index contributed by atoms with van der Waals surface area (Å²) in [5, 5.41) is 0. The second-order valence-corrected chi connectivity index (χ2v) is 3.80. The summed E-state index contributed by atoms with van der Waals surface area (Å²) in [5.41, 5.74) is -0.785. The normalized spacial score (nSPS) is 27.6. The van der Waals surface area contributed by atoms with Crippen molar-refractivity contribution in [2.75, 3.05) is 6.61 Å². The molecule has 0 aromatic carbocycles. The summed E-state index contributed by atoms with van der Waals surface area (Å²) in [6.45, 7) is 4.80. The van der Waals surface area contributed by atoms with Crippen molar-refractivity contribution >= 4 is 11.8 Å². The van der Waals surface area contributed by atoms with E-state index in [9.17, 15) is 4.39 Å². The van der Waals surface area contributed by atoms with E-state index in [4.69, 9.17) is 4.74 Å². The lowest BCUT2D eigenvalue weighted by molar-refractivity contribution is 0.210. The largest absolute Gasteiger partial charge is 0.500 e. The molecule has 0 aliphatic carbocycles. The van der Waals surface area contributed by atoms with Crippen LogP contribution in [0.2, 0.25) is 0 Å². The number of hydrogen-bond acceptors (Lipinski definition) is 2. The molecular weight excluding hydrogens is 151 g/mol. The molecule has 58 valence electrons. The molecule has 1 saturated heterocycles. The zero-order chi connectivity index (χ0) is 7.56. The molecule has 1 rings (SSSR count). The molecular formula is C7H11FOS. The van der Waals surface area contributed by atoms with Crippen molar-refractivity contribution in [3.8, 4) is 0 Å². The first-order valence-electron chi connectivity index (χ1n) is 3.32. The van der Waals surface area contributed by atoms with Gasteiger partial charge in [-0.1, -0.05) is 25.6 Å². The zero-order valence-electron chi connectivity index (χ0n) is 6.13. The molecule has 0 N–H and O–H groups in total. The molecule has 1 atom stereocenters. The predicted octanol–water partition coefficient (Wildman–Crippen LogP) is 2.54. The van der Waals surface area contributed by atoms with E-state index in [2.05, 4.69) is 13.8 Å². The van der Waals surface area contributed by atoms with Gasteiger partial charge in [-0.3, -0.25) is 0 Å². The minimum absolute atomic E-state index is 0.513. The number of alkyl halides is 1. The number of halogens is 1. The Balaban J connectivity index is 2.06. The SMILES string of the molecule is CC(C)CO/C=C1/SC1F. The second-order valence-electron chi connectivity index (χ2n) is 2.68. The summed E-state index contributed by atoms with van der Waals surface area (Å²) in [7, 11) is 0. The molecule has 0 aromatic rings. The molecule has 1 fully saturated rings. The molecule has 1 unspecified atom stereocenters. The Labute approximate surface area is 64.6 Å². The number of thioether (sulfide) groups is 1. The van der Waals surface area contributed by atoms with Crippen LogP contribution in [-0.2, 0) is 4.74 Å². The van der Waals surface area contributed by atoms with Crippen LogP contribution in [0.5, 0.6) is 0 Å². The highest BCUT2D eigenvalue weighted by Gasteiger charge is 2.31. The first kappa shape index (κ1) is 7.92. The Hall–Kier alpha value is -0.180. The van der Waals surface area contributed by atoms with Crippen molar-refractivity contribution < 1.29 is 9.13 Å². The fourth-order valence-corrected chi connectivity index (χ4v) is 0.839. The van der Waals surface area contributed by atoms with Crippen molar-refractivity contribution in [3.05, 3.63) is 11.2 Å². The van der Waals surface area contributed by atoms with Crippen molar-refractivity contribution in [2.24, 2.45) is 5.92 Å². The standard InChI is InChI=1S/C7H11FOS/c1-5(2)3-9-4-6-7(8)10-6/h4-5,7H,3H2,1-2H3/b6-4+. The monoisotopic (exact) mass is 162 g/mol. The maximum Gasteiger partial charge on any atom is 0.184 e. The molecule has 3 heteroatoms. The summed E-state index contributed by atoms with van der Waals surface area (Å²) in [6, 6.07) is 0. The molecule has 0 aromatic heterocycles. The van der Waals surface area contributed by atoms with Crippen molar-refractivity contribution in [1.29, 1.82) is 0 Å². The van der Waals surface area contributed by atoms with Crippen molar-refractivity contribution in [1.82, 2.24) is 0 Å². The van der Waals surface area contributed by atoms with Crippen LogP contribution >= 0.6 is 11.8 Å². The van der Waals surface area contributed by atoms with E-state index in [0.29, 0.717) is 12.5 Å². The molecule has 1 aliphatic heterocycles. The van der Waals surface area contributed by atoms with E-state index in [0.717, 1.165) is 4.91 Å². The smallest absolute Gasteiger partial charge is 0.184 e. The second kappa shape index (κ2) is 3.28. The highest BCUT2D eigenvalue weighted by Crippen LogP contribution is 2.46. The lowest BCUT2D eigenvalue weighted by atomic mass is 10.2. The molecule has 0 bridgehead atoms. The highest BCUT2D eigenvalue weighted by molar-refractivity contribution is 8.11. The summed E-state index contributed by atoms with van der Waals surface area (Å²) in [4.78, 5) is 0.723. The summed E-state index contributed by atoms with van der Waals surface area (Å²) in [6.07, 6.45) is 1.52. The van der Waals surface area contributed by atoms with Crippen LogP contribution in [0.25, 0.3) is 0 Å². The van der Waals surface area contributed by atoms with Crippen LogP contribution in [0.3, 0.4) is 0 Å². The zero-order valence-corrected chi connectivity index (χ0v) is 6.95. The summed E-state index contributed by atoms with van der Waals surface area (Å²) < 4.78 is 17.2. The van der Waals surface area contributed by atoms with Gasteiger partial charge in [0.25, 0.3) is 0 Å². The van der Waals surface area contributed by atoms with Crippen LogP contribution < -0.4 is 0 Å². The van der Waals surface area contributed by atoms with Gasteiger partial charge < -0.3 is 4.74 Å². The predicted molar refractivity (Wildman–Crippen MR) is 41.4 cm³/mol. The van der Waals surface area contributed by atoms with Gasteiger partial charge in [-0.2, -0.15) is 0 Å². The lowest BCUT2D eigenvalue weighted by Gasteiger charge is -2.01. The van der Waals surface area contributed by atoms with Crippen molar-refractivity contribution in [3.63, 3.8) is 0 Å². The van der Waals surface area contributed by atoms with Gasteiger partial charge >= 0.3 is 0 Å². The third kappa shape index (κ3) is 2.60. The number of hydrogen-bond donors (Lipinski definition) is 0. The summed E-state index contributed by atoms with van der Waals surface area (Å²) >= 11 is 1.21. The first-order valence-corrected chi connectivity index (χ1v) is 4.20. The van der Waals surface area contributed by atoms with Crippen LogP contribution in [0.15, 0.2) is 11.2 Å². The lowest BCUT2D eigenvalue weighted by Crippen LogP contribution is -1.96. The topological polar surface area (TPSA) is 9.23 Å². The highest BCUT2D eigenvalue weighted by atomic mass is 32.2. The van der Waals surface area contributed by atoms with Crippen LogP contribution in [0, 0.1) is 5.92 Å². The van der Waals surface area contributed by atoms with E-state index < -0.39 is 5.50 Å². The van der Waals surface area contributed by atoms with Gasteiger partial charge in [0, 0.05) is 0 Å². The van der Waals surface area contributed by atoms with Gasteiger partial charge in [0.05, 0.1) is 17.8 Å². The maximum absolute atomic E-state index is 12.1. The molecule has 0 spiro atoms. The fourth-order valence-electron chi connectivity index (χ4n) is 0.489. The van der Waals surface area contributed by atoms with Gasteiger partial charge in [0.2, 0.25) is 0 Å². The Morgan fingerprint density at radius 3 is 2.80 bits per heavy atom. The van der Waals surface area contributed by atoms with Gasteiger partial charge in [0.15, 0.2) is 5.50 Å². The van der Waals surface area contributed by atoms with E-state index >= 15 is 0 Å². The average Bonchev–Trinajstić information content (AvgIpc) is 2.46. The Morgan fingerprint density at radius 2 is 2.40 bits per heavy atom. The molecule has 0 saturated carbocycles. The molecule has 0 amide bonds. The number of rotatable bonds is 3. The van der Waals surface area contributed by atoms with Gasteiger partial charge in [-0.05, 0) is 5.92 Å². The van der Waals surface area contributed by atoms with Crippen molar-refractivity contribution in [2.45, 2.75) is 19.4 Å². The third-order valence-corrected chi connectivity index (χ3v) is 1.82. The maximum atomic E-state index is 12.1. The Bertz CT molecular complexity index is 145. The summed E-state index contributed by atoms with van der Waals surface area (Å²) in [5.74, 6) is 0.513. The van der Waals surface area contributed by atoms with Crippen LogP contribution in [0.1, 0.15) is 13.8 Å². The van der Waals surface area contributed by atoms with Crippen LogP contribution in [-0.4, -0.2) is 12.1 Å². The van der Waals surface area contributed by atoms with E-state index in [-0.39, 0.29) is 0 Å². The van der Waals surface area contributed by atoms with Gasteiger partial charge in [0.1, 0.15) is 0 Å². The van der Waals surface area contributed by atoms with Gasteiger partial charge in [-0.15, -0.1) is 0 Å². The quantitative estimate of drug-likeness (QED) is 0.466. The third-order valence-electron chi connectivity index (χ3n) is 1.04. The average molecular weight is 162 g/mol. The molecule has 1 heterocycles. The first-order chi connectivity index (χ1) is 4.70. The minimum atomic E-state index is -0.785. The Morgan fingerprint density at radius 1 is 1.80 bits per heavy atom. The van der Waals surface area contributed by atoms with E-state index in [1.807, 2.05) is 0 Å². The molecule has 1 nitrogen and oxygen atoms in total. The fraction of sp³-hybridized carbons (Fsp3) is 0.714. The number of ether oxygens (including phenoxy) is 1. The van der Waals surface area contributed by atoms with E-state index in [1.54, 1.807) is 0 Å². The minimum Gasteiger partial charge on any atom is -0.500 e. The Kier molecular flexibility index (Phi) is 2.60. The molecule has 10 heavy (non-hydrogen) atoms. The van der Waals surface area contributed by atoms with Crippen LogP contribution in [0.4, 0.5) is 4.39 Å².